The van der Waals surface area contributed by atoms with E-state index in [1.54, 1.807) is 24.7 Å². The lowest BCUT2D eigenvalue weighted by Crippen LogP contribution is -2.12. The highest BCUT2D eigenvalue weighted by Gasteiger charge is 2.13. The molecule has 0 spiro atoms. The lowest BCUT2D eigenvalue weighted by molar-refractivity contribution is 0.102. The minimum atomic E-state index is -0.276. The molecule has 0 saturated carbocycles. The van der Waals surface area contributed by atoms with Gasteiger partial charge in [0.1, 0.15) is 11.6 Å². The summed E-state index contributed by atoms with van der Waals surface area (Å²) in [6.07, 6.45) is 1.55. The van der Waals surface area contributed by atoms with Crippen LogP contribution in [0.4, 0.5) is 5.82 Å². The molecule has 86 valence electrons. The Balaban J connectivity index is 2.21. The van der Waals surface area contributed by atoms with Gasteiger partial charge in [-0.3, -0.25) is 9.48 Å². The average Bonchev–Trinajstić information content (AvgIpc) is 2.85. The van der Waals surface area contributed by atoms with Gasteiger partial charge < -0.3 is 5.32 Å². The van der Waals surface area contributed by atoms with Gasteiger partial charge in [-0.15, -0.1) is 11.3 Å². The number of hydrogen-bond donors (Lipinski definition) is 1. The summed E-state index contributed by atoms with van der Waals surface area (Å²) in [5.74, 6) is 0.00414. The normalized spacial score (nSPS) is 9.94. The number of nitrogens with one attached hydrogen (secondary N) is 1. The number of carbonyl (C=O) groups excluding carboxylic acids is 1. The fourth-order valence-corrected chi connectivity index (χ4v) is 2.41. The number of thiophene rings is 1. The van der Waals surface area contributed by atoms with E-state index in [-0.39, 0.29) is 11.7 Å². The van der Waals surface area contributed by atoms with Gasteiger partial charge >= 0.3 is 0 Å². The molecule has 2 aromatic heterocycles. The van der Waals surface area contributed by atoms with Crippen molar-refractivity contribution < 1.29 is 4.79 Å². The molecule has 2 heterocycles. The molecule has 1 N–H and O–H groups in total. The van der Waals surface area contributed by atoms with Crippen molar-refractivity contribution in [1.82, 2.24) is 9.78 Å². The zero-order chi connectivity index (χ0) is 12.4. The number of aryl methyl sites for hydroxylation is 1. The zero-order valence-corrected chi connectivity index (χ0v) is 11.2. The predicted octanol–water partition coefficient (Wildman–Crippen LogP) is 2.37. The number of nitrogens with zero attached hydrogens (tertiary/aromatic N) is 3. The van der Waals surface area contributed by atoms with Crippen LogP contribution in [-0.4, -0.2) is 15.7 Å². The second-order valence-electron chi connectivity index (χ2n) is 3.27. The lowest BCUT2D eigenvalue weighted by atomic mass is 10.3. The zero-order valence-electron chi connectivity index (χ0n) is 8.77. The molecule has 7 heteroatoms. The van der Waals surface area contributed by atoms with Crippen molar-refractivity contribution in [2.24, 2.45) is 7.05 Å². The van der Waals surface area contributed by atoms with Crippen LogP contribution in [0.2, 0.25) is 0 Å². The van der Waals surface area contributed by atoms with Gasteiger partial charge in [0.15, 0.2) is 5.82 Å². The summed E-state index contributed by atoms with van der Waals surface area (Å²) in [6, 6.07) is 3.69. The highest BCUT2D eigenvalue weighted by molar-refractivity contribution is 9.11. The van der Waals surface area contributed by atoms with Gasteiger partial charge in [0.25, 0.3) is 5.91 Å². The maximum absolute atomic E-state index is 11.8. The molecule has 0 fully saturated rings. The fraction of sp³-hybridized carbons (Fsp3) is 0.100. The number of aromatic nitrogens is 2. The minimum absolute atomic E-state index is 0.276. The summed E-state index contributed by atoms with van der Waals surface area (Å²) in [5.41, 5.74) is 0.881. The number of anilines is 1. The van der Waals surface area contributed by atoms with E-state index in [0.29, 0.717) is 11.1 Å². The van der Waals surface area contributed by atoms with Gasteiger partial charge in [-0.05, 0) is 22.0 Å². The number of rotatable bonds is 2. The molecule has 0 atom stereocenters. The first-order valence-corrected chi connectivity index (χ1v) is 6.26. The summed E-state index contributed by atoms with van der Waals surface area (Å²) < 4.78 is 2.36. The average molecular weight is 311 g/mol. The first kappa shape index (κ1) is 11.8. The van der Waals surface area contributed by atoms with Crippen molar-refractivity contribution in [3.63, 3.8) is 0 Å². The molecule has 5 nitrogen and oxygen atoms in total. The smallest absolute Gasteiger partial charge is 0.257 e. The molecule has 0 radical (unpaired) electrons. The van der Waals surface area contributed by atoms with Gasteiger partial charge in [-0.25, -0.2) is 0 Å². The lowest BCUT2D eigenvalue weighted by Gasteiger charge is -1.99. The van der Waals surface area contributed by atoms with Gasteiger partial charge in [-0.1, -0.05) is 0 Å². The maximum Gasteiger partial charge on any atom is 0.257 e. The number of hydrogen-bond acceptors (Lipinski definition) is 4. The minimum Gasteiger partial charge on any atom is -0.304 e. The Morgan fingerprint density at radius 2 is 2.47 bits per heavy atom. The Bertz CT molecular complexity index is 610. The summed E-state index contributed by atoms with van der Waals surface area (Å²) in [5, 5.41) is 17.2. The van der Waals surface area contributed by atoms with Crippen LogP contribution in [0.3, 0.4) is 0 Å². The highest BCUT2D eigenvalue weighted by atomic mass is 79.9. The van der Waals surface area contributed by atoms with Crippen molar-refractivity contribution >= 4 is 39.0 Å². The van der Waals surface area contributed by atoms with Crippen molar-refractivity contribution in [2.45, 2.75) is 0 Å². The van der Waals surface area contributed by atoms with Gasteiger partial charge in [0.05, 0.1) is 9.35 Å². The second-order valence-corrected chi connectivity index (χ2v) is 5.56. The monoisotopic (exact) mass is 310 g/mol. The van der Waals surface area contributed by atoms with Crippen LogP contribution in [0.5, 0.6) is 0 Å². The number of halogens is 1. The van der Waals surface area contributed by atoms with Crippen LogP contribution in [0.15, 0.2) is 21.4 Å². The molecule has 1 amide bonds. The van der Waals surface area contributed by atoms with Crippen LogP contribution in [0, 0.1) is 11.3 Å². The molecule has 0 unspecified atom stereocenters. The maximum atomic E-state index is 11.8. The molecular weight excluding hydrogens is 304 g/mol. The number of nitriles is 1. The van der Waals surface area contributed by atoms with Gasteiger partial charge in [0, 0.05) is 18.6 Å². The number of amides is 1. The third kappa shape index (κ3) is 2.54. The van der Waals surface area contributed by atoms with E-state index in [1.165, 1.54) is 16.0 Å². The SMILES string of the molecule is Cn1cc(C#N)c(NC(=O)c2csc(Br)c2)n1. The molecule has 0 aliphatic rings. The standard InChI is InChI=1S/C10H7BrN4OS/c1-15-4-7(3-12)9(14-15)13-10(16)6-2-8(11)17-5-6/h2,4-5H,1H3,(H,13,14,16). The highest BCUT2D eigenvalue weighted by Crippen LogP contribution is 2.21. The Kier molecular flexibility index (Phi) is 3.26. The van der Waals surface area contributed by atoms with E-state index >= 15 is 0 Å². The van der Waals surface area contributed by atoms with Crippen LogP contribution in [0.1, 0.15) is 15.9 Å². The van der Waals surface area contributed by atoms with Crippen molar-refractivity contribution in [2.75, 3.05) is 5.32 Å². The van der Waals surface area contributed by atoms with Crippen molar-refractivity contribution in [3.8, 4) is 6.07 Å². The van der Waals surface area contributed by atoms with E-state index in [1.807, 2.05) is 6.07 Å². The Hall–Kier alpha value is -1.65. The van der Waals surface area contributed by atoms with Crippen molar-refractivity contribution in [3.05, 3.63) is 32.6 Å². The molecule has 0 bridgehead atoms. The largest absolute Gasteiger partial charge is 0.304 e. The van der Waals surface area contributed by atoms with Crippen LogP contribution in [-0.2, 0) is 7.05 Å². The number of carbonyl (C=O) groups is 1. The Morgan fingerprint density at radius 3 is 3.06 bits per heavy atom. The summed E-state index contributed by atoms with van der Waals surface area (Å²) in [4.78, 5) is 11.8. The summed E-state index contributed by atoms with van der Waals surface area (Å²) in [6.45, 7) is 0. The molecule has 0 saturated heterocycles. The first-order valence-electron chi connectivity index (χ1n) is 4.59. The van der Waals surface area contributed by atoms with E-state index in [4.69, 9.17) is 5.26 Å². The van der Waals surface area contributed by atoms with Gasteiger partial charge in [-0.2, -0.15) is 10.4 Å². The topological polar surface area (TPSA) is 70.7 Å². The predicted molar refractivity (Wildman–Crippen MR) is 67.9 cm³/mol. The van der Waals surface area contributed by atoms with Crippen molar-refractivity contribution in [1.29, 1.82) is 5.26 Å². The van der Waals surface area contributed by atoms with E-state index in [2.05, 4.69) is 26.3 Å². The van der Waals surface area contributed by atoms with E-state index in [0.717, 1.165) is 3.79 Å². The van der Waals surface area contributed by atoms with E-state index < -0.39 is 0 Å². The first-order chi connectivity index (χ1) is 8.10. The molecule has 0 aliphatic carbocycles. The fourth-order valence-electron chi connectivity index (χ4n) is 1.27. The molecule has 2 rings (SSSR count). The van der Waals surface area contributed by atoms with Crippen LogP contribution >= 0.6 is 27.3 Å². The van der Waals surface area contributed by atoms with Gasteiger partial charge in [0.2, 0.25) is 0 Å². The third-order valence-electron chi connectivity index (χ3n) is 2.01. The molecule has 17 heavy (non-hydrogen) atoms. The molecular formula is C10H7BrN4OS. The Labute approximate surface area is 110 Å². The van der Waals surface area contributed by atoms with E-state index in [9.17, 15) is 4.79 Å². The Morgan fingerprint density at radius 1 is 1.71 bits per heavy atom. The quantitative estimate of drug-likeness (QED) is 0.925. The summed E-state index contributed by atoms with van der Waals surface area (Å²) in [7, 11) is 1.69. The second kappa shape index (κ2) is 4.69. The molecule has 0 aromatic carbocycles. The third-order valence-corrected chi connectivity index (χ3v) is 3.52. The summed E-state index contributed by atoms with van der Waals surface area (Å²) >= 11 is 4.71. The molecule has 2 aromatic rings. The molecule has 0 aliphatic heterocycles. The van der Waals surface area contributed by atoms with Crippen LogP contribution in [0.25, 0.3) is 0 Å². The van der Waals surface area contributed by atoms with Crippen LogP contribution < -0.4 is 5.32 Å².